The average molecular weight is 251 g/mol. The third-order valence-corrected chi connectivity index (χ3v) is 4.69. The lowest BCUT2D eigenvalue weighted by Crippen LogP contribution is -2.73. The van der Waals surface area contributed by atoms with Gasteiger partial charge in [-0.3, -0.25) is 0 Å². The largest absolute Gasteiger partial charge is 0.384 e. The molecule has 1 nitrogen and oxygen atoms in total. The molecule has 3 aliphatic rings. The molecule has 0 spiro atoms. The Kier molecular flexibility index (Phi) is 2.45. The molecule has 0 atom stereocenters. The summed E-state index contributed by atoms with van der Waals surface area (Å²) < 4.78 is 27.1. The summed E-state index contributed by atoms with van der Waals surface area (Å²) in [6.45, 7) is 4.65. The number of anilines is 1. The normalized spacial score (nSPS) is 31.7. The predicted molar refractivity (Wildman–Crippen MR) is 69.1 cm³/mol. The van der Waals surface area contributed by atoms with E-state index in [0.717, 1.165) is 5.69 Å². The molecule has 1 N–H and O–H groups in total. The Morgan fingerprint density at radius 2 is 1.94 bits per heavy atom. The van der Waals surface area contributed by atoms with Gasteiger partial charge in [0, 0.05) is 18.2 Å². The smallest absolute Gasteiger partial charge is 0.258 e. The maximum Gasteiger partial charge on any atom is 0.258 e. The zero-order valence-electron chi connectivity index (χ0n) is 10.8. The van der Waals surface area contributed by atoms with E-state index < -0.39 is 11.3 Å². The second kappa shape index (κ2) is 3.69. The monoisotopic (exact) mass is 251 g/mol. The zero-order valence-corrected chi connectivity index (χ0v) is 10.8. The molecule has 3 heteroatoms. The lowest BCUT2D eigenvalue weighted by molar-refractivity contribution is -0.342. The molecule has 3 saturated carbocycles. The summed E-state index contributed by atoms with van der Waals surface area (Å²) in [6, 6.07) is 8.00. The second-order valence-corrected chi connectivity index (χ2v) is 6.10. The van der Waals surface area contributed by atoms with Crippen LogP contribution in [0.2, 0.25) is 0 Å². The molecule has 2 bridgehead atoms. The number of hydrogen-bond acceptors (Lipinski definition) is 1. The van der Waals surface area contributed by atoms with Crippen molar-refractivity contribution in [2.24, 2.45) is 11.3 Å². The van der Waals surface area contributed by atoms with Crippen molar-refractivity contribution in [3.63, 3.8) is 0 Å². The van der Waals surface area contributed by atoms with Crippen LogP contribution in [0.3, 0.4) is 0 Å². The van der Waals surface area contributed by atoms with Crippen LogP contribution < -0.4 is 5.32 Å². The van der Waals surface area contributed by atoms with Crippen LogP contribution in [0.1, 0.15) is 38.2 Å². The number of hydrogen-bond donors (Lipinski definition) is 1. The van der Waals surface area contributed by atoms with E-state index in [1.807, 2.05) is 18.2 Å². The molecule has 98 valence electrons. The van der Waals surface area contributed by atoms with Gasteiger partial charge in [0.15, 0.2) is 0 Å². The van der Waals surface area contributed by atoms with Crippen molar-refractivity contribution in [2.45, 2.75) is 38.5 Å². The first-order valence-corrected chi connectivity index (χ1v) is 6.67. The van der Waals surface area contributed by atoms with Gasteiger partial charge in [0.1, 0.15) is 0 Å². The van der Waals surface area contributed by atoms with Crippen LogP contribution in [0, 0.1) is 11.3 Å². The van der Waals surface area contributed by atoms with Crippen molar-refractivity contribution in [3.05, 3.63) is 29.8 Å². The van der Waals surface area contributed by atoms with Gasteiger partial charge in [-0.25, -0.2) is 8.78 Å². The second-order valence-electron chi connectivity index (χ2n) is 6.10. The fraction of sp³-hybridized carbons (Fsp3) is 0.600. The van der Waals surface area contributed by atoms with Gasteiger partial charge in [-0.05, 0) is 30.4 Å². The molecule has 3 aliphatic carbocycles. The summed E-state index contributed by atoms with van der Waals surface area (Å²) in [4.78, 5) is 0. The van der Waals surface area contributed by atoms with Crippen molar-refractivity contribution >= 4 is 5.69 Å². The van der Waals surface area contributed by atoms with Crippen LogP contribution in [-0.4, -0.2) is 12.5 Å². The van der Waals surface area contributed by atoms with Crippen LogP contribution in [-0.2, 0) is 0 Å². The Bertz CT molecular complexity index is 461. The van der Waals surface area contributed by atoms with Gasteiger partial charge < -0.3 is 5.32 Å². The van der Waals surface area contributed by atoms with Gasteiger partial charge in [-0.2, -0.15) is 0 Å². The molecule has 0 heterocycles. The van der Waals surface area contributed by atoms with Gasteiger partial charge in [-0.1, -0.05) is 32.0 Å². The number of rotatable bonds is 4. The van der Waals surface area contributed by atoms with Gasteiger partial charge >= 0.3 is 0 Å². The number of halogens is 2. The molecule has 1 aromatic carbocycles. The van der Waals surface area contributed by atoms with E-state index >= 15 is 0 Å². The lowest BCUT2D eigenvalue weighted by Gasteiger charge is -2.67. The minimum absolute atomic E-state index is 0.334. The van der Waals surface area contributed by atoms with Crippen molar-refractivity contribution in [1.82, 2.24) is 0 Å². The summed E-state index contributed by atoms with van der Waals surface area (Å²) >= 11 is 0. The summed E-state index contributed by atoms with van der Waals surface area (Å²) in [6.07, 6.45) is 1.38. The van der Waals surface area contributed by atoms with Gasteiger partial charge in [0.2, 0.25) is 0 Å². The fourth-order valence-electron chi connectivity index (χ4n) is 3.27. The maximum absolute atomic E-state index is 13.6. The van der Waals surface area contributed by atoms with E-state index in [0.29, 0.717) is 25.3 Å². The quantitative estimate of drug-likeness (QED) is 0.842. The van der Waals surface area contributed by atoms with E-state index in [1.165, 1.54) is 5.56 Å². The van der Waals surface area contributed by atoms with Crippen LogP contribution in [0.5, 0.6) is 0 Å². The standard InChI is InChI=1S/C15H19F2N/c1-10(2)12-5-3-4-6-13(12)18-9-14-7-11(8-14)15(14,16)17/h3-6,10-11,18H,7-9H2,1-2H3. The Morgan fingerprint density at radius 3 is 2.44 bits per heavy atom. The molecule has 4 rings (SSSR count). The first-order chi connectivity index (χ1) is 8.46. The third kappa shape index (κ3) is 1.42. The Labute approximate surface area is 107 Å². The topological polar surface area (TPSA) is 12.0 Å². The molecular formula is C15H19F2N. The highest BCUT2D eigenvalue weighted by Gasteiger charge is 2.78. The van der Waals surface area contributed by atoms with Crippen LogP contribution in [0.15, 0.2) is 24.3 Å². The molecule has 0 aromatic heterocycles. The zero-order chi connectivity index (χ0) is 13.0. The van der Waals surface area contributed by atoms with E-state index in [-0.39, 0.29) is 5.92 Å². The highest BCUT2D eigenvalue weighted by Crippen LogP contribution is 2.73. The van der Waals surface area contributed by atoms with Crippen molar-refractivity contribution < 1.29 is 8.78 Å². The van der Waals surface area contributed by atoms with Crippen molar-refractivity contribution in [1.29, 1.82) is 0 Å². The fourth-order valence-corrected chi connectivity index (χ4v) is 3.27. The minimum atomic E-state index is -2.42. The van der Waals surface area contributed by atoms with E-state index in [2.05, 4.69) is 25.2 Å². The number of para-hydroxylation sites is 1. The van der Waals surface area contributed by atoms with Gasteiger partial charge in [0.25, 0.3) is 5.92 Å². The number of benzene rings is 1. The van der Waals surface area contributed by atoms with Gasteiger partial charge in [0.05, 0.1) is 5.41 Å². The highest BCUT2D eigenvalue weighted by molar-refractivity contribution is 5.53. The summed E-state index contributed by atoms with van der Waals surface area (Å²) in [7, 11) is 0. The maximum atomic E-state index is 13.6. The van der Waals surface area contributed by atoms with Crippen LogP contribution >= 0.6 is 0 Å². The molecule has 0 unspecified atom stereocenters. The highest BCUT2D eigenvalue weighted by atomic mass is 19.3. The van der Waals surface area contributed by atoms with Gasteiger partial charge in [-0.15, -0.1) is 0 Å². The minimum Gasteiger partial charge on any atom is -0.384 e. The number of nitrogens with one attached hydrogen (secondary N) is 1. The molecule has 3 fully saturated rings. The average Bonchev–Trinajstić information content (AvgIpc) is 2.27. The van der Waals surface area contributed by atoms with Crippen LogP contribution in [0.25, 0.3) is 0 Å². The molecule has 0 radical (unpaired) electrons. The molecule has 1 aromatic rings. The molecular weight excluding hydrogens is 232 g/mol. The van der Waals surface area contributed by atoms with E-state index in [9.17, 15) is 8.78 Å². The summed E-state index contributed by atoms with van der Waals surface area (Å²) in [5.74, 6) is -2.35. The first kappa shape index (κ1) is 11.9. The Balaban J connectivity index is 1.71. The Hall–Kier alpha value is -1.12. The summed E-state index contributed by atoms with van der Waals surface area (Å²) in [5.41, 5.74) is 1.46. The first-order valence-electron chi connectivity index (χ1n) is 6.67. The SMILES string of the molecule is CC(C)c1ccccc1NCC12CC(C1)C2(F)F. The lowest BCUT2D eigenvalue weighted by atomic mass is 9.41. The van der Waals surface area contributed by atoms with E-state index in [4.69, 9.17) is 0 Å². The van der Waals surface area contributed by atoms with Crippen LogP contribution in [0.4, 0.5) is 14.5 Å². The Morgan fingerprint density at radius 1 is 1.28 bits per heavy atom. The summed E-state index contributed by atoms with van der Waals surface area (Å²) in [5, 5.41) is 3.25. The van der Waals surface area contributed by atoms with Crippen molar-refractivity contribution in [3.8, 4) is 0 Å². The predicted octanol–water partition coefficient (Wildman–Crippen LogP) is 4.27. The molecule has 0 amide bonds. The van der Waals surface area contributed by atoms with Crippen molar-refractivity contribution in [2.75, 3.05) is 11.9 Å². The molecule has 18 heavy (non-hydrogen) atoms. The third-order valence-electron chi connectivity index (χ3n) is 4.69. The molecule has 0 aliphatic heterocycles. The number of alkyl halides is 2. The van der Waals surface area contributed by atoms with E-state index in [1.54, 1.807) is 0 Å². The molecule has 0 saturated heterocycles.